The van der Waals surface area contributed by atoms with Crippen LogP contribution < -0.4 is 16.2 Å². The minimum Gasteiger partial charge on any atom is -0.374 e. The van der Waals surface area contributed by atoms with Gasteiger partial charge in [0.1, 0.15) is 0 Å². The Morgan fingerprint density at radius 1 is 1.45 bits per heavy atom. The van der Waals surface area contributed by atoms with Gasteiger partial charge >= 0.3 is 0 Å². The molecule has 0 saturated carbocycles. The summed E-state index contributed by atoms with van der Waals surface area (Å²) in [5, 5.41) is 12.9. The molecular formula is C13H16N4O2S. The van der Waals surface area contributed by atoms with Crippen molar-refractivity contribution in [1.29, 1.82) is 0 Å². The highest BCUT2D eigenvalue weighted by atomic mass is 32.1. The molecular weight excluding hydrogens is 276 g/mol. The van der Waals surface area contributed by atoms with Crippen LogP contribution in [0.3, 0.4) is 0 Å². The molecule has 0 radical (unpaired) electrons. The molecule has 1 aromatic heterocycles. The molecule has 0 atom stereocenters. The van der Waals surface area contributed by atoms with Crippen LogP contribution in [0.5, 0.6) is 0 Å². The molecule has 7 heteroatoms. The Balaban J connectivity index is 2.13. The van der Waals surface area contributed by atoms with Crippen LogP contribution in [0, 0.1) is 10.1 Å². The van der Waals surface area contributed by atoms with E-state index in [9.17, 15) is 10.1 Å². The van der Waals surface area contributed by atoms with Gasteiger partial charge < -0.3 is 10.3 Å². The standard InChI is InChI=1S/C13H16N4O2S/c1-16(5-4-13-3-2-6-20-13)11-7-10(15-14)8-12(9-11)17(18)19/h2-3,6-9,15H,4-5,14H2,1H3. The lowest BCUT2D eigenvalue weighted by Gasteiger charge is -2.19. The van der Waals surface area contributed by atoms with Crippen molar-refractivity contribution in [3.05, 3.63) is 50.7 Å². The maximum Gasteiger partial charge on any atom is 0.273 e. The summed E-state index contributed by atoms with van der Waals surface area (Å²) >= 11 is 1.71. The van der Waals surface area contributed by atoms with Crippen LogP contribution in [0.25, 0.3) is 0 Å². The van der Waals surface area contributed by atoms with Gasteiger partial charge in [-0.25, -0.2) is 0 Å². The van der Waals surface area contributed by atoms with E-state index in [4.69, 9.17) is 5.84 Å². The van der Waals surface area contributed by atoms with Crippen LogP contribution in [-0.4, -0.2) is 18.5 Å². The number of nitrogens with two attached hydrogens (primary N) is 1. The second-order valence-corrected chi connectivity index (χ2v) is 5.42. The number of anilines is 2. The lowest BCUT2D eigenvalue weighted by Crippen LogP contribution is -2.20. The van der Waals surface area contributed by atoms with Crippen LogP contribution in [0.4, 0.5) is 17.1 Å². The zero-order chi connectivity index (χ0) is 14.5. The second kappa shape index (κ2) is 6.36. The van der Waals surface area contributed by atoms with E-state index in [1.165, 1.54) is 10.9 Å². The summed E-state index contributed by atoms with van der Waals surface area (Å²) in [5.74, 6) is 5.35. The van der Waals surface area contributed by atoms with E-state index in [1.54, 1.807) is 23.5 Å². The molecule has 0 amide bonds. The van der Waals surface area contributed by atoms with E-state index < -0.39 is 4.92 Å². The summed E-state index contributed by atoms with van der Waals surface area (Å²) in [6, 6.07) is 8.86. The van der Waals surface area contributed by atoms with Crippen molar-refractivity contribution in [1.82, 2.24) is 0 Å². The maximum atomic E-state index is 10.9. The fourth-order valence-corrected chi connectivity index (χ4v) is 2.56. The van der Waals surface area contributed by atoms with E-state index in [1.807, 2.05) is 23.4 Å². The quantitative estimate of drug-likeness (QED) is 0.485. The van der Waals surface area contributed by atoms with Gasteiger partial charge in [0.2, 0.25) is 0 Å². The Morgan fingerprint density at radius 3 is 2.85 bits per heavy atom. The van der Waals surface area contributed by atoms with Crippen molar-refractivity contribution >= 4 is 28.4 Å². The van der Waals surface area contributed by atoms with Crippen molar-refractivity contribution in [3.63, 3.8) is 0 Å². The van der Waals surface area contributed by atoms with E-state index in [2.05, 4.69) is 11.5 Å². The molecule has 106 valence electrons. The minimum absolute atomic E-state index is 0.0263. The Hall–Kier alpha value is -2.12. The number of nitro benzene ring substituents is 1. The fourth-order valence-electron chi connectivity index (χ4n) is 1.87. The van der Waals surface area contributed by atoms with Crippen LogP contribution in [-0.2, 0) is 6.42 Å². The monoisotopic (exact) mass is 292 g/mol. The molecule has 0 aliphatic carbocycles. The number of non-ortho nitro benzene ring substituents is 1. The largest absolute Gasteiger partial charge is 0.374 e. The molecule has 6 nitrogen and oxygen atoms in total. The lowest BCUT2D eigenvalue weighted by molar-refractivity contribution is -0.384. The van der Waals surface area contributed by atoms with Gasteiger partial charge in [0.25, 0.3) is 5.69 Å². The summed E-state index contributed by atoms with van der Waals surface area (Å²) in [5.41, 5.74) is 3.78. The van der Waals surface area contributed by atoms with Crippen LogP contribution >= 0.6 is 11.3 Å². The summed E-state index contributed by atoms with van der Waals surface area (Å²) in [4.78, 5) is 13.8. The average Bonchev–Trinajstić information content (AvgIpc) is 2.97. The molecule has 0 saturated heterocycles. The van der Waals surface area contributed by atoms with Crippen molar-refractivity contribution in [3.8, 4) is 0 Å². The predicted molar refractivity (Wildman–Crippen MR) is 82.2 cm³/mol. The van der Waals surface area contributed by atoms with E-state index in [0.717, 1.165) is 18.7 Å². The number of rotatable bonds is 6. The molecule has 2 aromatic rings. The summed E-state index contributed by atoms with van der Waals surface area (Å²) in [6.07, 6.45) is 0.905. The fraction of sp³-hybridized carbons (Fsp3) is 0.231. The first-order valence-corrected chi connectivity index (χ1v) is 6.97. The third-order valence-corrected chi connectivity index (χ3v) is 3.93. The number of thiophene rings is 1. The summed E-state index contributed by atoms with van der Waals surface area (Å²) in [6.45, 7) is 0.783. The highest BCUT2D eigenvalue weighted by Gasteiger charge is 2.12. The van der Waals surface area contributed by atoms with Crippen LogP contribution in [0.2, 0.25) is 0 Å². The number of hydrogen-bond donors (Lipinski definition) is 2. The van der Waals surface area contributed by atoms with Gasteiger partial charge in [0.05, 0.1) is 10.6 Å². The van der Waals surface area contributed by atoms with E-state index in [-0.39, 0.29) is 5.69 Å². The molecule has 0 aliphatic rings. The number of benzene rings is 1. The SMILES string of the molecule is CN(CCc1cccs1)c1cc(NN)cc([N+](=O)[O-])c1. The number of nitro groups is 1. The van der Waals surface area contributed by atoms with Gasteiger partial charge in [-0.05, 0) is 23.9 Å². The van der Waals surface area contributed by atoms with Crippen molar-refractivity contribution in [2.45, 2.75) is 6.42 Å². The van der Waals surface area contributed by atoms with Crippen molar-refractivity contribution < 1.29 is 4.92 Å². The lowest BCUT2D eigenvalue weighted by atomic mass is 10.2. The Morgan fingerprint density at radius 2 is 2.25 bits per heavy atom. The third kappa shape index (κ3) is 3.46. The molecule has 0 fully saturated rings. The van der Waals surface area contributed by atoms with Crippen molar-refractivity contribution in [2.75, 3.05) is 23.9 Å². The zero-order valence-electron chi connectivity index (χ0n) is 11.1. The van der Waals surface area contributed by atoms with E-state index in [0.29, 0.717) is 5.69 Å². The maximum absolute atomic E-state index is 10.9. The zero-order valence-corrected chi connectivity index (χ0v) is 11.9. The number of nitrogens with one attached hydrogen (secondary N) is 1. The van der Waals surface area contributed by atoms with Gasteiger partial charge in [-0.1, -0.05) is 6.07 Å². The third-order valence-electron chi connectivity index (χ3n) is 2.99. The first-order valence-electron chi connectivity index (χ1n) is 6.10. The van der Waals surface area contributed by atoms with Gasteiger partial charge in [-0.15, -0.1) is 11.3 Å². The first kappa shape index (κ1) is 14.3. The highest BCUT2D eigenvalue weighted by molar-refractivity contribution is 7.09. The number of likely N-dealkylation sites (N-methyl/N-ethyl adjacent to an activating group) is 1. The minimum atomic E-state index is -0.419. The normalized spacial score (nSPS) is 10.3. The first-order chi connectivity index (χ1) is 9.60. The topological polar surface area (TPSA) is 84.4 Å². The predicted octanol–water partition coefficient (Wildman–Crippen LogP) is 2.62. The number of hydrazine groups is 1. The Kier molecular flexibility index (Phi) is 4.54. The van der Waals surface area contributed by atoms with Crippen LogP contribution in [0.15, 0.2) is 35.7 Å². The molecule has 3 N–H and O–H groups in total. The average molecular weight is 292 g/mol. The summed E-state index contributed by atoms with van der Waals surface area (Å²) < 4.78 is 0. The van der Waals surface area contributed by atoms with Gasteiger partial charge in [0.15, 0.2) is 0 Å². The van der Waals surface area contributed by atoms with Gasteiger partial charge in [0, 0.05) is 36.3 Å². The molecule has 0 bridgehead atoms. The Labute approximate surface area is 120 Å². The van der Waals surface area contributed by atoms with Gasteiger partial charge in [-0.2, -0.15) is 0 Å². The molecule has 0 spiro atoms. The number of nitrogen functional groups attached to an aromatic ring is 1. The number of nitrogens with zero attached hydrogens (tertiary/aromatic N) is 2. The molecule has 2 rings (SSSR count). The van der Waals surface area contributed by atoms with Gasteiger partial charge in [-0.3, -0.25) is 16.0 Å². The molecule has 20 heavy (non-hydrogen) atoms. The van der Waals surface area contributed by atoms with Crippen molar-refractivity contribution in [2.24, 2.45) is 5.84 Å². The van der Waals surface area contributed by atoms with E-state index >= 15 is 0 Å². The molecule has 0 aliphatic heterocycles. The highest BCUT2D eigenvalue weighted by Crippen LogP contribution is 2.26. The smallest absolute Gasteiger partial charge is 0.273 e. The van der Waals surface area contributed by atoms with Crippen LogP contribution in [0.1, 0.15) is 4.88 Å². The molecule has 0 unspecified atom stereocenters. The second-order valence-electron chi connectivity index (χ2n) is 4.39. The Bertz CT molecular complexity index is 586. The summed E-state index contributed by atoms with van der Waals surface area (Å²) in [7, 11) is 1.91. The molecule has 1 heterocycles. The molecule has 1 aromatic carbocycles. The number of hydrogen-bond acceptors (Lipinski definition) is 6.